The van der Waals surface area contributed by atoms with E-state index in [4.69, 9.17) is 0 Å². The Kier molecular flexibility index (Phi) is 10.6. The zero-order valence-corrected chi connectivity index (χ0v) is 20.9. The van der Waals surface area contributed by atoms with Crippen LogP contribution in [0.1, 0.15) is 58.9 Å². The quantitative estimate of drug-likeness (QED) is 0.293. The lowest BCUT2D eigenvalue weighted by Crippen LogP contribution is -2.53. The molecule has 0 saturated carbocycles. The minimum absolute atomic E-state index is 0.171. The van der Waals surface area contributed by atoms with Crippen LogP contribution in [0, 0.1) is 5.92 Å². The molecule has 1 aromatic carbocycles. The Hall–Kier alpha value is -3.49. The van der Waals surface area contributed by atoms with Gasteiger partial charge in [0.1, 0.15) is 12.1 Å². The molecular formula is C26H36N4O5. The van der Waals surface area contributed by atoms with Crippen molar-refractivity contribution in [3.8, 4) is 0 Å². The number of aryl methyl sites for hydroxylation is 1. The molecule has 2 atom stereocenters. The summed E-state index contributed by atoms with van der Waals surface area (Å²) in [6.45, 7) is 7.62. The minimum atomic E-state index is -0.781. The van der Waals surface area contributed by atoms with Gasteiger partial charge in [-0.1, -0.05) is 39.3 Å². The predicted octanol–water partition coefficient (Wildman–Crippen LogP) is 2.32. The molecule has 0 radical (unpaired) electrons. The number of imide groups is 1. The van der Waals surface area contributed by atoms with Crippen molar-refractivity contribution >= 4 is 35.2 Å². The second-order valence-corrected chi connectivity index (χ2v) is 9.03. The summed E-state index contributed by atoms with van der Waals surface area (Å²) in [6.07, 6.45) is 5.47. The number of nitrogens with one attached hydrogen (secondary N) is 3. The first-order valence-corrected chi connectivity index (χ1v) is 12.2. The molecule has 9 heteroatoms. The van der Waals surface area contributed by atoms with E-state index in [1.54, 1.807) is 6.92 Å². The fourth-order valence-electron chi connectivity index (χ4n) is 3.61. The van der Waals surface area contributed by atoms with Gasteiger partial charge in [0, 0.05) is 30.8 Å². The lowest BCUT2D eigenvalue weighted by atomic mass is 10.0. The Morgan fingerprint density at radius 2 is 1.49 bits per heavy atom. The highest BCUT2D eigenvalue weighted by Gasteiger charge is 2.27. The first-order chi connectivity index (χ1) is 16.6. The van der Waals surface area contributed by atoms with E-state index < -0.39 is 18.0 Å². The lowest BCUT2D eigenvalue weighted by Gasteiger charge is -2.24. The monoisotopic (exact) mass is 484 g/mol. The Morgan fingerprint density at radius 1 is 0.857 bits per heavy atom. The molecule has 1 aliphatic heterocycles. The molecule has 1 heterocycles. The summed E-state index contributed by atoms with van der Waals surface area (Å²) >= 11 is 0. The molecule has 190 valence electrons. The van der Waals surface area contributed by atoms with Gasteiger partial charge in [0.15, 0.2) is 0 Å². The van der Waals surface area contributed by atoms with Crippen LogP contribution in [0.5, 0.6) is 0 Å². The second-order valence-electron chi connectivity index (χ2n) is 9.03. The maximum absolute atomic E-state index is 12.8. The van der Waals surface area contributed by atoms with Crippen molar-refractivity contribution in [1.29, 1.82) is 0 Å². The third-order valence-corrected chi connectivity index (χ3v) is 5.83. The van der Waals surface area contributed by atoms with Gasteiger partial charge in [0.25, 0.3) is 11.8 Å². The van der Waals surface area contributed by atoms with Gasteiger partial charge in [-0.3, -0.25) is 28.9 Å². The minimum Gasteiger partial charge on any atom is -0.344 e. The predicted molar refractivity (Wildman–Crippen MR) is 133 cm³/mol. The van der Waals surface area contributed by atoms with Gasteiger partial charge >= 0.3 is 0 Å². The number of nitrogens with zero attached hydrogens (tertiary/aromatic N) is 1. The van der Waals surface area contributed by atoms with Crippen LogP contribution in [-0.4, -0.2) is 53.1 Å². The summed E-state index contributed by atoms with van der Waals surface area (Å²) < 4.78 is 0. The van der Waals surface area contributed by atoms with Crippen LogP contribution in [0.25, 0.3) is 0 Å². The third kappa shape index (κ3) is 8.66. The molecule has 1 unspecified atom stereocenters. The number of carbonyl (C=O) groups excluding carboxylic acids is 5. The van der Waals surface area contributed by atoms with E-state index in [1.165, 1.54) is 17.1 Å². The average molecular weight is 485 g/mol. The van der Waals surface area contributed by atoms with Gasteiger partial charge < -0.3 is 16.0 Å². The van der Waals surface area contributed by atoms with E-state index in [2.05, 4.69) is 22.9 Å². The van der Waals surface area contributed by atoms with Gasteiger partial charge in [-0.25, -0.2) is 0 Å². The number of benzene rings is 1. The molecule has 0 aliphatic carbocycles. The molecule has 1 aromatic rings. The van der Waals surface area contributed by atoms with Gasteiger partial charge in [0.2, 0.25) is 17.7 Å². The standard InChI is InChI=1S/C26H36N4O5/c1-5-19-10-12-20(13-11-19)28-25(34)18(4)27-26(35)24(17(2)3)29-21(31)9-7-6-8-16-30-22(32)14-15-23(30)33/h10-15,17-18,24H,5-9,16H2,1-4H3,(H,27,35)(H,28,34)(H,29,31)/t18-,24?/m0/s1. The summed E-state index contributed by atoms with van der Waals surface area (Å²) in [7, 11) is 0. The van der Waals surface area contributed by atoms with E-state index in [0.29, 0.717) is 31.5 Å². The number of unbranched alkanes of at least 4 members (excludes halogenated alkanes) is 2. The number of rotatable bonds is 13. The first kappa shape index (κ1) is 27.8. The van der Waals surface area contributed by atoms with E-state index in [9.17, 15) is 24.0 Å². The maximum atomic E-state index is 12.8. The highest BCUT2D eigenvalue weighted by atomic mass is 16.2. The molecule has 5 amide bonds. The van der Waals surface area contributed by atoms with Gasteiger partial charge in [-0.2, -0.15) is 0 Å². The Bertz CT molecular complexity index is 937. The summed E-state index contributed by atoms with van der Waals surface area (Å²) in [5.74, 6) is -1.82. The van der Waals surface area contributed by atoms with Crippen molar-refractivity contribution in [2.45, 2.75) is 71.9 Å². The van der Waals surface area contributed by atoms with Crippen LogP contribution in [0.3, 0.4) is 0 Å². The fourth-order valence-corrected chi connectivity index (χ4v) is 3.61. The number of anilines is 1. The zero-order chi connectivity index (χ0) is 26.0. The van der Waals surface area contributed by atoms with Crippen molar-refractivity contribution in [1.82, 2.24) is 15.5 Å². The normalized spacial score (nSPS) is 14.7. The Labute approximate surface area is 206 Å². The van der Waals surface area contributed by atoms with Crippen molar-refractivity contribution in [3.05, 3.63) is 42.0 Å². The molecule has 0 saturated heterocycles. The van der Waals surface area contributed by atoms with Crippen molar-refractivity contribution < 1.29 is 24.0 Å². The van der Waals surface area contributed by atoms with E-state index in [-0.39, 0.29) is 36.0 Å². The van der Waals surface area contributed by atoms with Crippen LogP contribution in [0.4, 0.5) is 5.69 Å². The summed E-state index contributed by atoms with van der Waals surface area (Å²) in [4.78, 5) is 61.9. The Balaban J connectivity index is 1.75. The summed E-state index contributed by atoms with van der Waals surface area (Å²) in [6, 6.07) is 5.96. The summed E-state index contributed by atoms with van der Waals surface area (Å²) in [5.41, 5.74) is 1.81. The fraction of sp³-hybridized carbons (Fsp3) is 0.500. The van der Waals surface area contributed by atoms with Gasteiger partial charge in [-0.05, 0) is 49.8 Å². The van der Waals surface area contributed by atoms with E-state index in [1.807, 2.05) is 38.1 Å². The van der Waals surface area contributed by atoms with Gasteiger partial charge in [-0.15, -0.1) is 0 Å². The van der Waals surface area contributed by atoms with E-state index >= 15 is 0 Å². The highest BCUT2D eigenvalue weighted by molar-refractivity contribution is 6.12. The van der Waals surface area contributed by atoms with Crippen LogP contribution >= 0.6 is 0 Å². The number of hydrogen-bond donors (Lipinski definition) is 3. The van der Waals surface area contributed by atoms with Crippen LogP contribution in [0.2, 0.25) is 0 Å². The smallest absolute Gasteiger partial charge is 0.253 e. The number of carbonyl (C=O) groups is 5. The number of amides is 5. The zero-order valence-electron chi connectivity index (χ0n) is 20.9. The molecule has 0 aromatic heterocycles. The molecule has 9 nitrogen and oxygen atoms in total. The van der Waals surface area contributed by atoms with Crippen LogP contribution in [-0.2, 0) is 30.4 Å². The average Bonchev–Trinajstić information content (AvgIpc) is 3.14. The van der Waals surface area contributed by atoms with Crippen LogP contribution in [0.15, 0.2) is 36.4 Å². The molecule has 1 aliphatic rings. The molecule has 2 rings (SSSR count). The first-order valence-electron chi connectivity index (χ1n) is 12.2. The van der Waals surface area contributed by atoms with Crippen molar-refractivity contribution in [2.24, 2.45) is 5.92 Å². The molecule has 3 N–H and O–H groups in total. The second kappa shape index (κ2) is 13.4. The van der Waals surface area contributed by atoms with E-state index in [0.717, 1.165) is 12.0 Å². The summed E-state index contributed by atoms with van der Waals surface area (Å²) in [5, 5.41) is 8.22. The molecule has 0 spiro atoms. The molecule has 0 fully saturated rings. The molecule has 35 heavy (non-hydrogen) atoms. The SMILES string of the molecule is CCc1ccc(NC(=O)[C@H](C)NC(=O)C(NC(=O)CCCCCN2C(=O)C=CC2=O)C(C)C)cc1. The van der Waals surface area contributed by atoms with Crippen LogP contribution < -0.4 is 16.0 Å². The van der Waals surface area contributed by atoms with Crippen molar-refractivity contribution in [3.63, 3.8) is 0 Å². The van der Waals surface area contributed by atoms with Gasteiger partial charge in [0.05, 0.1) is 0 Å². The Morgan fingerprint density at radius 3 is 2.06 bits per heavy atom. The maximum Gasteiger partial charge on any atom is 0.253 e. The topological polar surface area (TPSA) is 125 Å². The number of hydrogen-bond acceptors (Lipinski definition) is 5. The molecule has 0 bridgehead atoms. The van der Waals surface area contributed by atoms with Crippen molar-refractivity contribution in [2.75, 3.05) is 11.9 Å². The largest absolute Gasteiger partial charge is 0.344 e. The highest BCUT2D eigenvalue weighted by Crippen LogP contribution is 2.11. The third-order valence-electron chi connectivity index (χ3n) is 5.83. The molecular weight excluding hydrogens is 448 g/mol. The lowest BCUT2D eigenvalue weighted by molar-refractivity contribution is -0.137.